The maximum atomic E-state index is 6.46. The van der Waals surface area contributed by atoms with Crippen LogP contribution in [-0.2, 0) is 6.42 Å². The maximum absolute atomic E-state index is 6.46. The minimum Gasteiger partial charge on any atom is -0.339 e. The summed E-state index contributed by atoms with van der Waals surface area (Å²) in [6, 6.07) is 0. The number of nitrogens with zero attached hydrogens (tertiary/aromatic N) is 2. The van der Waals surface area contributed by atoms with Crippen LogP contribution in [0.1, 0.15) is 83.3 Å². The highest BCUT2D eigenvalue weighted by molar-refractivity contribution is 5.07. The zero-order valence-electron chi connectivity index (χ0n) is 13.7. The number of hydrogen-bond acceptors (Lipinski definition) is 4. The van der Waals surface area contributed by atoms with Crippen LogP contribution in [0.15, 0.2) is 4.52 Å². The molecule has 2 saturated carbocycles. The standard InChI is InChI=1S/C17H29N3O/c1-16(2)13(9-10-17(16,3)18)11-14-19-15(21-20-14)12-7-5-4-6-8-12/h12-13H,4-11,18H2,1-3H3/t13-,17-/m0/s1. The molecule has 1 aromatic rings. The molecule has 1 aromatic heterocycles. The van der Waals surface area contributed by atoms with Crippen molar-refractivity contribution in [2.45, 2.75) is 83.6 Å². The van der Waals surface area contributed by atoms with Gasteiger partial charge in [-0.25, -0.2) is 0 Å². The largest absolute Gasteiger partial charge is 0.339 e. The Morgan fingerprint density at radius 1 is 1.14 bits per heavy atom. The van der Waals surface area contributed by atoms with Gasteiger partial charge in [-0.3, -0.25) is 0 Å². The summed E-state index contributed by atoms with van der Waals surface area (Å²) in [5, 5.41) is 4.24. The predicted octanol–water partition coefficient (Wildman–Crippen LogP) is 3.81. The predicted molar refractivity (Wildman–Crippen MR) is 82.9 cm³/mol. The van der Waals surface area contributed by atoms with Gasteiger partial charge in [-0.1, -0.05) is 38.3 Å². The first kappa shape index (κ1) is 15.0. The number of nitrogens with two attached hydrogens (primary N) is 1. The summed E-state index contributed by atoms with van der Waals surface area (Å²) in [7, 11) is 0. The Balaban J connectivity index is 1.67. The van der Waals surface area contributed by atoms with Crippen LogP contribution in [0.25, 0.3) is 0 Å². The van der Waals surface area contributed by atoms with Gasteiger partial charge in [-0.2, -0.15) is 4.98 Å². The van der Waals surface area contributed by atoms with Crippen molar-refractivity contribution >= 4 is 0 Å². The molecule has 2 fully saturated rings. The number of aromatic nitrogens is 2. The second kappa shape index (κ2) is 5.38. The fourth-order valence-corrected chi connectivity index (χ4v) is 4.07. The Kier molecular flexibility index (Phi) is 3.85. The first-order valence-corrected chi connectivity index (χ1v) is 8.51. The second-order valence-electron chi connectivity index (χ2n) is 7.96. The molecule has 2 atom stereocenters. The highest BCUT2D eigenvalue weighted by atomic mass is 16.5. The summed E-state index contributed by atoms with van der Waals surface area (Å²) >= 11 is 0. The van der Waals surface area contributed by atoms with E-state index in [4.69, 9.17) is 15.2 Å². The quantitative estimate of drug-likeness (QED) is 0.919. The Hall–Kier alpha value is -0.900. The lowest BCUT2D eigenvalue weighted by Gasteiger charge is -2.38. The van der Waals surface area contributed by atoms with Gasteiger partial charge in [0, 0.05) is 17.9 Å². The van der Waals surface area contributed by atoms with Crippen LogP contribution in [0.2, 0.25) is 0 Å². The lowest BCUT2D eigenvalue weighted by atomic mass is 9.71. The van der Waals surface area contributed by atoms with Crippen molar-refractivity contribution in [2.24, 2.45) is 17.1 Å². The zero-order valence-corrected chi connectivity index (χ0v) is 13.7. The molecule has 0 unspecified atom stereocenters. The fraction of sp³-hybridized carbons (Fsp3) is 0.882. The summed E-state index contributed by atoms with van der Waals surface area (Å²) in [4.78, 5) is 4.69. The molecule has 1 heterocycles. The van der Waals surface area contributed by atoms with Crippen molar-refractivity contribution < 1.29 is 4.52 Å². The average Bonchev–Trinajstić information content (AvgIpc) is 2.99. The summed E-state index contributed by atoms with van der Waals surface area (Å²) in [6.07, 6.45) is 9.49. The van der Waals surface area contributed by atoms with Crippen molar-refractivity contribution in [1.82, 2.24) is 10.1 Å². The van der Waals surface area contributed by atoms with E-state index in [-0.39, 0.29) is 11.0 Å². The summed E-state index contributed by atoms with van der Waals surface area (Å²) in [5.41, 5.74) is 6.49. The van der Waals surface area contributed by atoms with E-state index >= 15 is 0 Å². The van der Waals surface area contributed by atoms with Crippen LogP contribution in [0.3, 0.4) is 0 Å². The van der Waals surface area contributed by atoms with E-state index in [2.05, 4.69) is 25.9 Å². The van der Waals surface area contributed by atoms with E-state index in [1.807, 2.05) is 0 Å². The normalized spacial score (nSPS) is 33.4. The molecule has 0 amide bonds. The first-order valence-electron chi connectivity index (χ1n) is 8.51. The molecular weight excluding hydrogens is 262 g/mol. The van der Waals surface area contributed by atoms with Gasteiger partial charge >= 0.3 is 0 Å². The van der Waals surface area contributed by atoms with Crippen molar-refractivity contribution in [2.75, 3.05) is 0 Å². The molecular formula is C17H29N3O. The van der Waals surface area contributed by atoms with Gasteiger partial charge in [0.1, 0.15) is 0 Å². The Morgan fingerprint density at radius 3 is 2.48 bits per heavy atom. The van der Waals surface area contributed by atoms with Gasteiger partial charge in [0.2, 0.25) is 5.89 Å². The van der Waals surface area contributed by atoms with Crippen LogP contribution >= 0.6 is 0 Å². The summed E-state index contributed by atoms with van der Waals surface area (Å²) < 4.78 is 5.54. The average molecular weight is 291 g/mol. The van der Waals surface area contributed by atoms with Crippen LogP contribution in [0.4, 0.5) is 0 Å². The molecule has 0 bridgehead atoms. The van der Waals surface area contributed by atoms with Crippen molar-refractivity contribution in [1.29, 1.82) is 0 Å². The molecule has 3 rings (SSSR count). The molecule has 118 valence electrons. The van der Waals surface area contributed by atoms with Crippen LogP contribution < -0.4 is 5.73 Å². The molecule has 0 saturated heterocycles. The SMILES string of the molecule is CC1(C)[C@H](Cc2noc(C3CCCCC3)n2)CC[C@]1(C)N. The van der Waals surface area contributed by atoms with Gasteiger partial charge in [0.25, 0.3) is 0 Å². The van der Waals surface area contributed by atoms with Gasteiger partial charge in [-0.15, -0.1) is 0 Å². The monoisotopic (exact) mass is 291 g/mol. The Morgan fingerprint density at radius 2 is 1.86 bits per heavy atom. The molecule has 0 aliphatic heterocycles. The molecule has 0 aromatic carbocycles. The third-order valence-corrected chi connectivity index (χ3v) is 6.37. The number of hydrogen-bond donors (Lipinski definition) is 1. The maximum Gasteiger partial charge on any atom is 0.229 e. The Labute approximate surface area is 127 Å². The van der Waals surface area contributed by atoms with Gasteiger partial charge in [-0.05, 0) is 43.9 Å². The van der Waals surface area contributed by atoms with Gasteiger partial charge < -0.3 is 10.3 Å². The van der Waals surface area contributed by atoms with Crippen LogP contribution in [0, 0.1) is 11.3 Å². The summed E-state index contributed by atoms with van der Waals surface area (Å²) in [5.74, 6) is 2.79. The van der Waals surface area contributed by atoms with Crippen LogP contribution in [0.5, 0.6) is 0 Å². The number of rotatable bonds is 3. The van der Waals surface area contributed by atoms with E-state index in [0.717, 1.165) is 31.0 Å². The molecule has 2 aliphatic carbocycles. The highest BCUT2D eigenvalue weighted by Crippen LogP contribution is 2.49. The van der Waals surface area contributed by atoms with E-state index in [1.165, 1.54) is 32.1 Å². The molecule has 21 heavy (non-hydrogen) atoms. The van der Waals surface area contributed by atoms with E-state index < -0.39 is 0 Å². The minimum absolute atomic E-state index is 0.0897. The third kappa shape index (κ3) is 2.75. The zero-order chi connectivity index (χ0) is 15.1. The van der Waals surface area contributed by atoms with Gasteiger partial charge in [0.05, 0.1) is 0 Å². The molecule has 2 N–H and O–H groups in total. The first-order chi connectivity index (χ1) is 9.90. The lowest BCUT2D eigenvalue weighted by molar-refractivity contribution is 0.162. The lowest BCUT2D eigenvalue weighted by Crippen LogP contribution is -2.48. The topological polar surface area (TPSA) is 64.9 Å². The van der Waals surface area contributed by atoms with E-state index in [0.29, 0.717) is 11.8 Å². The van der Waals surface area contributed by atoms with Crippen molar-refractivity contribution in [3.63, 3.8) is 0 Å². The smallest absolute Gasteiger partial charge is 0.229 e. The van der Waals surface area contributed by atoms with Crippen LogP contribution in [-0.4, -0.2) is 15.7 Å². The highest BCUT2D eigenvalue weighted by Gasteiger charge is 2.49. The van der Waals surface area contributed by atoms with Crippen molar-refractivity contribution in [3.8, 4) is 0 Å². The molecule has 2 aliphatic rings. The minimum atomic E-state index is -0.0897. The van der Waals surface area contributed by atoms with Crippen molar-refractivity contribution in [3.05, 3.63) is 11.7 Å². The van der Waals surface area contributed by atoms with E-state index in [9.17, 15) is 0 Å². The molecule has 4 heteroatoms. The van der Waals surface area contributed by atoms with Gasteiger partial charge in [0.15, 0.2) is 5.82 Å². The fourth-order valence-electron chi connectivity index (χ4n) is 4.07. The summed E-state index contributed by atoms with van der Waals surface area (Å²) in [6.45, 7) is 6.75. The Bertz CT molecular complexity index is 486. The molecule has 0 spiro atoms. The second-order valence-corrected chi connectivity index (χ2v) is 7.96. The molecule has 4 nitrogen and oxygen atoms in total. The van der Waals surface area contributed by atoms with E-state index in [1.54, 1.807) is 0 Å². The molecule has 0 radical (unpaired) electrons. The third-order valence-electron chi connectivity index (χ3n) is 6.37.